The van der Waals surface area contributed by atoms with Crippen molar-refractivity contribution < 1.29 is 13.2 Å². The molecule has 1 saturated carbocycles. The molecule has 1 saturated heterocycles. The zero-order chi connectivity index (χ0) is 14.1. The number of nitrogens with zero attached hydrogens (tertiary/aromatic N) is 2. The molecule has 1 aliphatic carbocycles. The van der Waals surface area contributed by atoms with Crippen LogP contribution in [0, 0.1) is 5.41 Å². The van der Waals surface area contributed by atoms with Crippen molar-refractivity contribution in [1.29, 1.82) is 0 Å². The third-order valence-electron chi connectivity index (χ3n) is 4.29. The van der Waals surface area contributed by atoms with Crippen LogP contribution in [0.3, 0.4) is 0 Å². The van der Waals surface area contributed by atoms with Gasteiger partial charge in [0.1, 0.15) is 0 Å². The maximum atomic E-state index is 12.6. The van der Waals surface area contributed by atoms with Crippen molar-refractivity contribution in [2.75, 3.05) is 32.7 Å². The van der Waals surface area contributed by atoms with Crippen molar-refractivity contribution >= 4 is 16.1 Å². The molecule has 1 heterocycles. The largest absolute Gasteiger partial charge is 0.340 e. The van der Waals surface area contributed by atoms with Crippen molar-refractivity contribution in [2.45, 2.75) is 25.7 Å². The number of piperazine rings is 1. The average molecular weight is 290 g/mol. The van der Waals surface area contributed by atoms with Gasteiger partial charge in [0, 0.05) is 32.7 Å². The first-order valence-corrected chi connectivity index (χ1v) is 8.17. The Morgan fingerprint density at radius 1 is 1.11 bits per heavy atom. The maximum Gasteiger partial charge on any atom is 0.277 e. The van der Waals surface area contributed by atoms with Gasteiger partial charge in [0.25, 0.3) is 10.2 Å². The van der Waals surface area contributed by atoms with E-state index in [9.17, 15) is 13.2 Å². The molecular formula is C11H22N4O3S. The lowest BCUT2D eigenvalue weighted by Crippen LogP contribution is -2.56. The summed E-state index contributed by atoms with van der Waals surface area (Å²) in [6, 6.07) is 0. The van der Waals surface area contributed by atoms with E-state index in [2.05, 4.69) is 0 Å². The lowest BCUT2D eigenvalue weighted by Gasteiger charge is -2.38. The highest BCUT2D eigenvalue weighted by Crippen LogP contribution is 2.39. The van der Waals surface area contributed by atoms with Gasteiger partial charge in [-0.1, -0.05) is 12.8 Å². The molecule has 0 aromatic rings. The molecule has 0 aromatic heterocycles. The Hall–Kier alpha value is -0.700. The van der Waals surface area contributed by atoms with Gasteiger partial charge in [0.15, 0.2) is 0 Å². The predicted molar refractivity (Wildman–Crippen MR) is 71.2 cm³/mol. The van der Waals surface area contributed by atoms with Crippen LogP contribution in [0.4, 0.5) is 0 Å². The third-order valence-corrected chi connectivity index (χ3v) is 5.38. The fourth-order valence-electron chi connectivity index (χ4n) is 3.04. The molecule has 0 bridgehead atoms. The van der Waals surface area contributed by atoms with Gasteiger partial charge in [0.05, 0.1) is 5.41 Å². The average Bonchev–Trinajstić information content (AvgIpc) is 2.87. The van der Waals surface area contributed by atoms with Crippen molar-refractivity contribution in [3.63, 3.8) is 0 Å². The van der Waals surface area contributed by atoms with E-state index < -0.39 is 15.6 Å². The Balaban J connectivity index is 1.99. The van der Waals surface area contributed by atoms with E-state index in [0.29, 0.717) is 19.6 Å². The first kappa shape index (κ1) is 14.7. The maximum absolute atomic E-state index is 12.6. The van der Waals surface area contributed by atoms with Crippen LogP contribution < -0.4 is 10.9 Å². The minimum Gasteiger partial charge on any atom is -0.340 e. The van der Waals surface area contributed by atoms with Crippen LogP contribution >= 0.6 is 0 Å². The van der Waals surface area contributed by atoms with Crippen LogP contribution in [0.15, 0.2) is 0 Å². The molecule has 2 aliphatic rings. The van der Waals surface area contributed by atoms with E-state index >= 15 is 0 Å². The van der Waals surface area contributed by atoms with E-state index in [1.54, 1.807) is 4.90 Å². The number of amides is 1. The normalized spacial score (nSPS) is 24.6. The summed E-state index contributed by atoms with van der Waals surface area (Å²) in [6.07, 6.45) is 3.77. The van der Waals surface area contributed by atoms with Gasteiger partial charge in [-0.2, -0.15) is 12.7 Å². The molecule has 0 aromatic carbocycles. The van der Waals surface area contributed by atoms with Gasteiger partial charge in [-0.3, -0.25) is 4.79 Å². The molecule has 2 rings (SSSR count). The summed E-state index contributed by atoms with van der Waals surface area (Å²) < 4.78 is 23.6. The highest BCUT2D eigenvalue weighted by atomic mass is 32.2. The molecule has 110 valence electrons. The molecule has 19 heavy (non-hydrogen) atoms. The summed E-state index contributed by atoms with van der Waals surface area (Å²) in [4.78, 5) is 14.3. The van der Waals surface area contributed by atoms with E-state index in [1.165, 1.54) is 4.31 Å². The highest BCUT2D eigenvalue weighted by molar-refractivity contribution is 7.86. The molecule has 4 N–H and O–H groups in total. The Kier molecular flexibility index (Phi) is 4.14. The quantitative estimate of drug-likeness (QED) is 0.684. The first-order valence-electron chi connectivity index (χ1n) is 6.66. The summed E-state index contributed by atoms with van der Waals surface area (Å²) in [5, 5.41) is 5.08. The predicted octanol–water partition coefficient (Wildman–Crippen LogP) is -1.15. The van der Waals surface area contributed by atoms with Crippen LogP contribution in [0.25, 0.3) is 0 Å². The number of carbonyl (C=O) groups is 1. The van der Waals surface area contributed by atoms with Crippen molar-refractivity contribution in [2.24, 2.45) is 16.3 Å². The van der Waals surface area contributed by atoms with Gasteiger partial charge >= 0.3 is 0 Å². The molecular weight excluding hydrogens is 268 g/mol. The molecule has 8 heteroatoms. The standard InChI is InChI=1S/C11H22N4O3S/c12-9-11(3-1-2-4-11)10(16)14-5-7-15(8-6-14)19(13,17)18/h1-9,12H2,(H2,13,17,18). The second-order valence-electron chi connectivity index (χ2n) is 5.43. The summed E-state index contributed by atoms with van der Waals surface area (Å²) in [5.74, 6) is 0.0848. The number of hydrogen-bond acceptors (Lipinski definition) is 4. The SMILES string of the molecule is NCC1(C(=O)N2CCN(S(N)(=O)=O)CC2)CCCC1. The van der Waals surface area contributed by atoms with Crippen LogP contribution in [-0.4, -0.2) is 56.3 Å². The summed E-state index contributed by atoms with van der Waals surface area (Å²) in [6.45, 7) is 1.71. The summed E-state index contributed by atoms with van der Waals surface area (Å²) in [7, 11) is -3.64. The number of hydrogen-bond donors (Lipinski definition) is 2. The monoisotopic (exact) mass is 290 g/mol. The molecule has 1 aliphatic heterocycles. The Bertz CT molecular complexity index is 437. The van der Waals surface area contributed by atoms with Crippen LogP contribution in [0.2, 0.25) is 0 Å². The van der Waals surface area contributed by atoms with E-state index in [-0.39, 0.29) is 19.0 Å². The van der Waals surface area contributed by atoms with Gasteiger partial charge in [0.2, 0.25) is 5.91 Å². The van der Waals surface area contributed by atoms with E-state index in [4.69, 9.17) is 10.9 Å². The van der Waals surface area contributed by atoms with Gasteiger partial charge in [-0.25, -0.2) is 5.14 Å². The van der Waals surface area contributed by atoms with Crippen LogP contribution in [-0.2, 0) is 15.0 Å². The van der Waals surface area contributed by atoms with Gasteiger partial charge < -0.3 is 10.6 Å². The third kappa shape index (κ3) is 2.91. The molecule has 0 atom stereocenters. The van der Waals surface area contributed by atoms with E-state index in [0.717, 1.165) is 25.7 Å². The minimum absolute atomic E-state index is 0.0848. The summed E-state index contributed by atoms with van der Waals surface area (Å²) >= 11 is 0. The zero-order valence-corrected chi connectivity index (χ0v) is 11.9. The second kappa shape index (κ2) is 5.35. The second-order valence-corrected chi connectivity index (χ2v) is 6.97. The van der Waals surface area contributed by atoms with Crippen molar-refractivity contribution in [3.8, 4) is 0 Å². The minimum atomic E-state index is -3.64. The number of rotatable bonds is 3. The molecule has 0 unspecified atom stereocenters. The fraction of sp³-hybridized carbons (Fsp3) is 0.909. The first-order chi connectivity index (χ1) is 8.89. The van der Waals surface area contributed by atoms with Gasteiger partial charge in [-0.15, -0.1) is 0 Å². The van der Waals surface area contributed by atoms with Crippen LogP contribution in [0.5, 0.6) is 0 Å². The number of carbonyl (C=O) groups excluding carboxylic acids is 1. The molecule has 0 radical (unpaired) electrons. The smallest absolute Gasteiger partial charge is 0.277 e. The lowest BCUT2D eigenvalue weighted by molar-refractivity contribution is -0.142. The van der Waals surface area contributed by atoms with Crippen molar-refractivity contribution in [1.82, 2.24) is 9.21 Å². The molecule has 1 amide bonds. The molecule has 7 nitrogen and oxygen atoms in total. The zero-order valence-electron chi connectivity index (χ0n) is 11.0. The van der Waals surface area contributed by atoms with Crippen molar-refractivity contribution in [3.05, 3.63) is 0 Å². The van der Waals surface area contributed by atoms with E-state index in [1.807, 2.05) is 0 Å². The number of nitrogens with two attached hydrogens (primary N) is 2. The topological polar surface area (TPSA) is 110 Å². The summed E-state index contributed by atoms with van der Waals surface area (Å²) in [5.41, 5.74) is 5.39. The fourth-order valence-corrected chi connectivity index (χ4v) is 3.71. The molecule has 0 spiro atoms. The Morgan fingerprint density at radius 2 is 1.63 bits per heavy atom. The Morgan fingerprint density at radius 3 is 2.05 bits per heavy atom. The Labute approximate surface area is 114 Å². The van der Waals surface area contributed by atoms with Gasteiger partial charge in [-0.05, 0) is 12.8 Å². The molecule has 2 fully saturated rings. The highest BCUT2D eigenvalue weighted by Gasteiger charge is 2.43. The lowest BCUT2D eigenvalue weighted by atomic mass is 9.84. The van der Waals surface area contributed by atoms with Crippen LogP contribution in [0.1, 0.15) is 25.7 Å².